The van der Waals surface area contributed by atoms with Crippen LogP contribution in [0.1, 0.15) is 26.7 Å². The molecule has 1 rings (SSSR count). The number of carbonyl (C=O) groups is 1. The van der Waals surface area contributed by atoms with Gasteiger partial charge in [-0.2, -0.15) is 0 Å². The third-order valence-corrected chi connectivity index (χ3v) is 2.83. The summed E-state index contributed by atoms with van der Waals surface area (Å²) in [6, 6.07) is 9.94. The first-order chi connectivity index (χ1) is 8.20. The van der Waals surface area contributed by atoms with Gasteiger partial charge in [0.2, 0.25) is 0 Å². The molecule has 1 aromatic carbocycles. The van der Waals surface area contributed by atoms with E-state index in [0.29, 0.717) is 0 Å². The van der Waals surface area contributed by atoms with Gasteiger partial charge in [-0.15, -0.1) is 0 Å². The van der Waals surface area contributed by atoms with Crippen molar-refractivity contribution in [3.05, 3.63) is 30.3 Å². The molecule has 3 heteroatoms. The zero-order valence-corrected chi connectivity index (χ0v) is 11.0. The van der Waals surface area contributed by atoms with Gasteiger partial charge in [-0.25, -0.2) is 4.79 Å². The Balaban J connectivity index is 2.84. The van der Waals surface area contributed by atoms with Crippen molar-refractivity contribution in [2.24, 2.45) is 0 Å². The van der Waals surface area contributed by atoms with Crippen molar-refractivity contribution in [2.75, 3.05) is 25.0 Å². The molecule has 0 N–H and O–H groups in total. The normalized spacial score (nSPS) is 10.1. The number of benzene rings is 1. The second kappa shape index (κ2) is 6.94. The maximum absolute atomic E-state index is 12.2. The molecule has 3 nitrogen and oxygen atoms in total. The van der Waals surface area contributed by atoms with Gasteiger partial charge >= 0.3 is 6.03 Å². The fraction of sp³-hybridized carbons (Fsp3) is 0.500. The average molecular weight is 234 g/mol. The maximum Gasteiger partial charge on any atom is 0.324 e. The molecule has 0 fully saturated rings. The Morgan fingerprint density at radius 3 is 2.35 bits per heavy atom. The van der Waals surface area contributed by atoms with Crippen LogP contribution in [-0.4, -0.2) is 31.1 Å². The average Bonchev–Trinajstić information content (AvgIpc) is 2.39. The fourth-order valence-corrected chi connectivity index (χ4v) is 1.60. The molecular weight excluding hydrogens is 212 g/mol. The third-order valence-electron chi connectivity index (χ3n) is 2.83. The summed E-state index contributed by atoms with van der Waals surface area (Å²) in [5, 5.41) is 0. The van der Waals surface area contributed by atoms with Gasteiger partial charge in [-0.1, -0.05) is 31.5 Å². The molecule has 0 bridgehead atoms. The summed E-state index contributed by atoms with van der Waals surface area (Å²) in [7, 11) is 1.84. The highest BCUT2D eigenvalue weighted by molar-refractivity contribution is 5.91. The number of urea groups is 1. The maximum atomic E-state index is 12.2. The minimum atomic E-state index is 0.0761. The number of para-hydroxylation sites is 1. The van der Waals surface area contributed by atoms with Crippen LogP contribution in [0.15, 0.2) is 30.3 Å². The number of anilines is 1. The first kappa shape index (κ1) is 13.6. The van der Waals surface area contributed by atoms with Crippen molar-refractivity contribution in [3.8, 4) is 0 Å². The molecule has 94 valence electrons. The number of nitrogens with zero attached hydrogens (tertiary/aromatic N) is 2. The third kappa shape index (κ3) is 3.77. The van der Waals surface area contributed by atoms with Gasteiger partial charge in [0.05, 0.1) is 0 Å². The van der Waals surface area contributed by atoms with E-state index in [4.69, 9.17) is 0 Å². The molecule has 0 aliphatic heterocycles. The van der Waals surface area contributed by atoms with E-state index in [0.717, 1.165) is 31.6 Å². The Kier molecular flexibility index (Phi) is 5.53. The molecular formula is C14H22N2O. The quantitative estimate of drug-likeness (QED) is 0.766. The molecule has 0 unspecified atom stereocenters. The first-order valence-corrected chi connectivity index (χ1v) is 6.28. The number of carbonyl (C=O) groups excluding carboxylic acids is 1. The first-order valence-electron chi connectivity index (χ1n) is 6.28. The highest BCUT2D eigenvalue weighted by atomic mass is 16.2. The van der Waals surface area contributed by atoms with Crippen LogP contribution in [0.25, 0.3) is 0 Å². The molecule has 0 saturated heterocycles. The Labute approximate surface area is 104 Å². The van der Waals surface area contributed by atoms with Crippen LogP contribution < -0.4 is 4.90 Å². The zero-order valence-electron chi connectivity index (χ0n) is 11.0. The number of hydrogen-bond donors (Lipinski definition) is 0. The van der Waals surface area contributed by atoms with E-state index >= 15 is 0 Å². The highest BCUT2D eigenvalue weighted by Gasteiger charge is 2.17. The summed E-state index contributed by atoms with van der Waals surface area (Å²) in [6.07, 6.45) is 2.12. The lowest BCUT2D eigenvalue weighted by Crippen LogP contribution is -2.41. The molecule has 0 aliphatic carbocycles. The van der Waals surface area contributed by atoms with Gasteiger partial charge in [0, 0.05) is 25.8 Å². The summed E-state index contributed by atoms with van der Waals surface area (Å²) < 4.78 is 0. The van der Waals surface area contributed by atoms with Crippen molar-refractivity contribution in [3.63, 3.8) is 0 Å². The molecule has 0 aliphatic rings. The molecule has 0 spiro atoms. The van der Waals surface area contributed by atoms with Gasteiger partial charge in [-0.05, 0) is 25.5 Å². The predicted octanol–water partition coefficient (Wildman–Crippen LogP) is 3.36. The van der Waals surface area contributed by atoms with E-state index in [1.807, 2.05) is 49.2 Å². The second-order valence-electron chi connectivity index (χ2n) is 4.14. The summed E-state index contributed by atoms with van der Waals surface area (Å²) in [5.41, 5.74) is 0.978. The largest absolute Gasteiger partial charge is 0.328 e. The predicted molar refractivity (Wildman–Crippen MR) is 72.4 cm³/mol. The van der Waals surface area contributed by atoms with Crippen molar-refractivity contribution in [1.29, 1.82) is 0 Å². The lowest BCUT2D eigenvalue weighted by molar-refractivity contribution is 0.217. The Morgan fingerprint density at radius 1 is 1.18 bits per heavy atom. The van der Waals surface area contributed by atoms with Gasteiger partial charge in [0.1, 0.15) is 0 Å². The van der Waals surface area contributed by atoms with Gasteiger partial charge in [0.15, 0.2) is 0 Å². The number of rotatable bonds is 5. The van der Waals surface area contributed by atoms with Crippen LogP contribution in [0.2, 0.25) is 0 Å². The van der Waals surface area contributed by atoms with Crippen molar-refractivity contribution in [2.45, 2.75) is 26.7 Å². The number of unbranched alkanes of at least 4 members (excludes halogenated alkanes) is 1. The molecule has 17 heavy (non-hydrogen) atoms. The van der Waals surface area contributed by atoms with Crippen molar-refractivity contribution >= 4 is 11.7 Å². The Bertz CT molecular complexity index is 337. The van der Waals surface area contributed by atoms with Crippen LogP contribution in [-0.2, 0) is 0 Å². The van der Waals surface area contributed by atoms with Crippen molar-refractivity contribution < 1.29 is 4.79 Å². The highest BCUT2D eigenvalue weighted by Crippen LogP contribution is 2.15. The fourth-order valence-electron chi connectivity index (χ4n) is 1.60. The Hall–Kier alpha value is -1.51. The SMILES string of the molecule is CCCCN(C(=O)N(C)CC)c1ccccc1. The lowest BCUT2D eigenvalue weighted by Gasteiger charge is -2.27. The molecule has 0 saturated carbocycles. The summed E-state index contributed by atoms with van der Waals surface area (Å²) >= 11 is 0. The van der Waals surface area contributed by atoms with Crippen LogP contribution in [0.3, 0.4) is 0 Å². The minimum Gasteiger partial charge on any atom is -0.328 e. The molecule has 0 radical (unpaired) electrons. The minimum absolute atomic E-state index is 0.0761. The van der Waals surface area contributed by atoms with E-state index in [9.17, 15) is 4.79 Å². The molecule has 1 aromatic rings. The zero-order chi connectivity index (χ0) is 12.7. The summed E-state index contributed by atoms with van der Waals surface area (Å²) in [4.78, 5) is 15.8. The van der Waals surface area contributed by atoms with Crippen LogP contribution >= 0.6 is 0 Å². The van der Waals surface area contributed by atoms with Crippen LogP contribution in [0, 0.1) is 0 Å². The molecule has 0 aromatic heterocycles. The van der Waals surface area contributed by atoms with Gasteiger partial charge < -0.3 is 4.90 Å². The second-order valence-corrected chi connectivity index (χ2v) is 4.14. The van der Waals surface area contributed by atoms with Gasteiger partial charge in [0.25, 0.3) is 0 Å². The molecule has 0 heterocycles. The monoisotopic (exact) mass is 234 g/mol. The number of hydrogen-bond acceptors (Lipinski definition) is 1. The van der Waals surface area contributed by atoms with E-state index in [1.54, 1.807) is 4.90 Å². The van der Waals surface area contributed by atoms with E-state index < -0.39 is 0 Å². The topological polar surface area (TPSA) is 23.6 Å². The van der Waals surface area contributed by atoms with Crippen LogP contribution in [0.5, 0.6) is 0 Å². The standard InChI is InChI=1S/C14H22N2O/c1-4-6-12-16(14(17)15(3)5-2)13-10-8-7-9-11-13/h7-11H,4-6,12H2,1-3H3. The number of amides is 2. The lowest BCUT2D eigenvalue weighted by atomic mass is 10.2. The summed E-state index contributed by atoms with van der Waals surface area (Å²) in [5.74, 6) is 0. The molecule has 0 atom stereocenters. The van der Waals surface area contributed by atoms with Crippen LogP contribution in [0.4, 0.5) is 10.5 Å². The van der Waals surface area contributed by atoms with E-state index in [2.05, 4.69) is 6.92 Å². The van der Waals surface area contributed by atoms with Crippen molar-refractivity contribution in [1.82, 2.24) is 4.90 Å². The van der Waals surface area contributed by atoms with E-state index in [1.165, 1.54) is 0 Å². The summed E-state index contributed by atoms with van der Waals surface area (Å²) in [6.45, 7) is 5.63. The van der Waals surface area contributed by atoms with Gasteiger partial charge in [-0.3, -0.25) is 4.90 Å². The van der Waals surface area contributed by atoms with E-state index in [-0.39, 0.29) is 6.03 Å². The Morgan fingerprint density at radius 2 is 1.82 bits per heavy atom. The molecule has 2 amide bonds. The smallest absolute Gasteiger partial charge is 0.324 e.